The van der Waals surface area contributed by atoms with Crippen LogP contribution in [0, 0.1) is 0 Å². The Hall–Kier alpha value is -3.42. The lowest BCUT2D eigenvalue weighted by Crippen LogP contribution is -2.26. The normalized spacial score (nSPS) is 10.5. The Morgan fingerprint density at radius 1 is 1.14 bits per heavy atom. The lowest BCUT2D eigenvalue weighted by atomic mass is 10.1. The number of carbonyl (C=O) groups is 1. The van der Waals surface area contributed by atoms with Crippen LogP contribution in [0.15, 0.2) is 47.2 Å². The van der Waals surface area contributed by atoms with Crippen molar-refractivity contribution >= 4 is 5.91 Å². The van der Waals surface area contributed by atoms with E-state index in [1.54, 1.807) is 50.7 Å². The lowest BCUT2D eigenvalue weighted by molar-refractivity contribution is -0.130. The van der Waals surface area contributed by atoms with Gasteiger partial charge in [-0.1, -0.05) is 17.3 Å². The molecule has 2 heterocycles. The van der Waals surface area contributed by atoms with Crippen molar-refractivity contribution in [1.82, 2.24) is 20.0 Å². The van der Waals surface area contributed by atoms with Crippen LogP contribution < -0.4 is 9.47 Å². The highest BCUT2D eigenvalue weighted by Gasteiger charge is 2.16. The standard InChI is InChI=1S/C20H22N4O4/c1-24(13-15-5-4-6-16(26-2)19(15)27-3)18(25)8-7-17-22-20(23-28-17)14-9-11-21-12-10-14/h4-6,9-12H,7-8,13H2,1-3H3. The van der Waals surface area contributed by atoms with Gasteiger partial charge in [0, 0.05) is 50.0 Å². The first-order valence-electron chi connectivity index (χ1n) is 8.79. The summed E-state index contributed by atoms with van der Waals surface area (Å²) < 4.78 is 16.0. The molecule has 1 aromatic carbocycles. The van der Waals surface area contributed by atoms with Gasteiger partial charge in [-0.2, -0.15) is 4.98 Å². The van der Waals surface area contributed by atoms with Crippen molar-refractivity contribution in [2.75, 3.05) is 21.3 Å². The molecule has 1 amide bonds. The summed E-state index contributed by atoms with van der Waals surface area (Å²) >= 11 is 0. The molecule has 0 bridgehead atoms. The average molecular weight is 382 g/mol. The van der Waals surface area contributed by atoms with E-state index in [1.807, 2.05) is 18.2 Å². The first-order valence-corrected chi connectivity index (χ1v) is 8.79. The summed E-state index contributed by atoms with van der Waals surface area (Å²) in [6, 6.07) is 9.20. The third-order valence-corrected chi connectivity index (χ3v) is 4.28. The highest BCUT2D eigenvalue weighted by molar-refractivity contribution is 5.76. The number of para-hydroxylation sites is 1. The van der Waals surface area contributed by atoms with Gasteiger partial charge in [-0.25, -0.2) is 0 Å². The fourth-order valence-electron chi connectivity index (χ4n) is 2.80. The van der Waals surface area contributed by atoms with Crippen LogP contribution in [0.4, 0.5) is 0 Å². The average Bonchev–Trinajstić information content (AvgIpc) is 3.21. The molecular formula is C20H22N4O4. The van der Waals surface area contributed by atoms with Gasteiger partial charge in [0.25, 0.3) is 0 Å². The number of methoxy groups -OCH3 is 2. The number of carbonyl (C=O) groups excluding carboxylic acids is 1. The van der Waals surface area contributed by atoms with Crippen molar-refractivity contribution in [2.24, 2.45) is 0 Å². The van der Waals surface area contributed by atoms with E-state index >= 15 is 0 Å². The van der Waals surface area contributed by atoms with Gasteiger partial charge in [0.1, 0.15) is 0 Å². The molecule has 3 rings (SSSR count). The lowest BCUT2D eigenvalue weighted by Gasteiger charge is -2.19. The van der Waals surface area contributed by atoms with Gasteiger partial charge in [-0.05, 0) is 18.2 Å². The third-order valence-electron chi connectivity index (χ3n) is 4.28. The summed E-state index contributed by atoms with van der Waals surface area (Å²) in [7, 11) is 4.91. The predicted molar refractivity (Wildman–Crippen MR) is 102 cm³/mol. The first kappa shape index (κ1) is 19.3. The molecule has 3 aromatic rings. The largest absolute Gasteiger partial charge is 0.493 e. The first-order chi connectivity index (χ1) is 13.6. The van der Waals surface area contributed by atoms with Gasteiger partial charge in [0.05, 0.1) is 14.2 Å². The van der Waals surface area contributed by atoms with Crippen LogP contribution in [0.3, 0.4) is 0 Å². The number of pyridine rings is 1. The van der Waals surface area contributed by atoms with E-state index < -0.39 is 0 Å². The fourth-order valence-corrected chi connectivity index (χ4v) is 2.80. The molecule has 0 aliphatic rings. The predicted octanol–water partition coefficient (Wildman–Crippen LogP) is 2.74. The number of aromatic nitrogens is 3. The summed E-state index contributed by atoms with van der Waals surface area (Å²) in [5, 5.41) is 3.95. The number of amides is 1. The summed E-state index contributed by atoms with van der Waals surface area (Å²) in [4.78, 5) is 22.4. The minimum Gasteiger partial charge on any atom is -0.493 e. The van der Waals surface area contributed by atoms with Crippen molar-refractivity contribution in [3.8, 4) is 22.9 Å². The van der Waals surface area contributed by atoms with Gasteiger partial charge in [0.15, 0.2) is 11.5 Å². The van der Waals surface area contributed by atoms with Crippen LogP contribution in [-0.4, -0.2) is 47.2 Å². The zero-order valence-electron chi connectivity index (χ0n) is 16.1. The summed E-state index contributed by atoms with van der Waals surface area (Å²) in [5.41, 5.74) is 1.69. The van der Waals surface area contributed by atoms with Crippen molar-refractivity contribution in [3.63, 3.8) is 0 Å². The number of rotatable bonds is 8. The highest BCUT2D eigenvalue weighted by Crippen LogP contribution is 2.31. The Morgan fingerprint density at radius 2 is 1.93 bits per heavy atom. The second-order valence-electron chi connectivity index (χ2n) is 6.15. The smallest absolute Gasteiger partial charge is 0.227 e. The number of ether oxygens (including phenoxy) is 2. The molecule has 8 heteroatoms. The molecule has 0 aliphatic carbocycles. The van der Waals surface area contributed by atoms with Crippen molar-refractivity contribution in [1.29, 1.82) is 0 Å². The quantitative estimate of drug-likeness (QED) is 0.591. The van der Waals surface area contributed by atoms with Crippen molar-refractivity contribution in [3.05, 3.63) is 54.2 Å². The maximum atomic E-state index is 12.5. The minimum atomic E-state index is -0.0338. The Labute approximate surface area is 163 Å². The Bertz CT molecular complexity index is 927. The highest BCUT2D eigenvalue weighted by atomic mass is 16.5. The molecule has 146 valence electrons. The zero-order valence-corrected chi connectivity index (χ0v) is 16.1. The summed E-state index contributed by atoms with van der Waals surface area (Å²) in [6.07, 6.45) is 3.96. The Morgan fingerprint density at radius 3 is 2.64 bits per heavy atom. The van der Waals surface area contributed by atoms with Gasteiger partial charge in [-0.3, -0.25) is 9.78 Å². The van der Waals surface area contributed by atoms with E-state index in [2.05, 4.69) is 15.1 Å². The number of nitrogens with zero attached hydrogens (tertiary/aromatic N) is 4. The molecule has 0 N–H and O–H groups in total. The molecular weight excluding hydrogens is 360 g/mol. The van der Waals surface area contributed by atoms with E-state index in [-0.39, 0.29) is 12.3 Å². The molecule has 0 saturated carbocycles. The molecule has 2 aromatic heterocycles. The second-order valence-corrected chi connectivity index (χ2v) is 6.15. The molecule has 0 spiro atoms. The maximum absolute atomic E-state index is 12.5. The van der Waals surface area contributed by atoms with E-state index in [4.69, 9.17) is 14.0 Å². The van der Waals surface area contributed by atoms with Crippen molar-refractivity contribution < 1.29 is 18.8 Å². The van der Waals surface area contributed by atoms with Gasteiger partial charge in [-0.15, -0.1) is 0 Å². The molecule has 8 nitrogen and oxygen atoms in total. The van der Waals surface area contributed by atoms with Crippen LogP contribution in [-0.2, 0) is 17.8 Å². The fraction of sp³-hybridized carbons (Fsp3) is 0.300. The topological polar surface area (TPSA) is 90.6 Å². The van der Waals surface area contributed by atoms with Crippen LogP contribution >= 0.6 is 0 Å². The molecule has 0 fully saturated rings. The number of hydrogen-bond donors (Lipinski definition) is 0. The minimum absolute atomic E-state index is 0.0338. The number of hydrogen-bond acceptors (Lipinski definition) is 7. The van der Waals surface area contributed by atoms with Crippen LogP contribution in [0.1, 0.15) is 17.9 Å². The summed E-state index contributed by atoms with van der Waals surface area (Å²) in [6.45, 7) is 0.408. The second kappa shape index (κ2) is 8.98. The molecule has 0 aliphatic heterocycles. The Balaban J connectivity index is 1.59. The van der Waals surface area contributed by atoms with Crippen LogP contribution in [0.5, 0.6) is 11.5 Å². The van der Waals surface area contributed by atoms with Crippen molar-refractivity contribution in [2.45, 2.75) is 19.4 Å². The zero-order chi connectivity index (χ0) is 19.9. The van der Waals surface area contributed by atoms with Gasteiger partial charge in [0.2, 0.25) is 17.6 Å². The molecule has 0 atom stereocenters. The summed E-state index contributed by atoms with van der Waals surface area (Å²) in [5.74, 6) is 2.14. The van der Waals surface area contributed by atoms with Gasteiger partial charge < -0.3 is 18.9 Å². The number of benzene rings is 1. The number of aryl methyl sites for hydroxylation is 1. The molecule has 0 unspecified atom stereocenters. The molecule has 0 saturated heterocycles. The van der Waals surface area contributed by atoms with Crippen LogP contribution in [0.2, 0.25) is 0 Å². The van der Waals surface area contributed by atoms with E-state index in [1.165, 1.54) is 0 Å². The van der Waals surface area contributed by atoms with Crippen LogP contribution in [0.25, 0.3) is 11.4 Å². The molecule has 0 radical (unpaired) electrons. The molecule has 28 heavy (non-hydrogen) atoms. The SMILES string of the molecule is COc1cccc(CN(C)C(=O)CCc2nc(-c3ccncc3)no2)c1OC. The van der Waals surface area contributed by atoms with E-state index in [0.29, 0.717) is 36.2 Å². The maximum Gasteiger partial charge on any atom is 0.227 e. The monoisotopic (exact) mass is 382 g/mol. The van der Waals surface area contributed by atoms with Gasteiger partial charge >= 0.3 is 0 Å². The van der Waals surface area contributed by atoms with E-state index in [9.17, 15) is 4.79 Å². The Kier molecular flexibility index (Phi) is 6.21. The third kappa shape index (κ3) is 4.46. The van der Waals surface area contributed by atoms with E-state index in [0.717, 1.165) is 11.1 Å².